The number of ketones is 2. The number of ether oxygens (including phenoxy) is 1. The molecule has 0 bridgehead atoms. The predicted molar refractivity (Wildman–Crippen MR) is 214 cm³/mol. The SMILES string of the molecule is CC1=C(C)C2=C(CC[C@@](C)(CCC[C@H](C)CCC[C@H](C)CCCC(C)C)O2)[C@@](C)(c2cc3c(c([Si](C)(C)C)c2C)C(=O)c2ccccc2-3)C1=O. The Balaban J connectivity index is 1.38. The fraction of sp³-hybridized carbons (Fsp3) is 0.609. The van der Waals surface area contributed by atoms with Crippen molar-refractivity contribution in [3.63, 3.8) is 0 Å². The van der Waals surface area contributed by atoms with Gasteiger partial charge in [0, 0.05) is 11.1 Å². The average molecular weight is 695 g/mol. The van der Waals surface area contributed by atoms with Crippen LogP contribution in [0.25, 0.3) is 11.1 Å². The van der Waals surface area contributed by atoms with E-state index in [-0.39, 0.29) is 17.2 Å². The first-order valence-electron chi connectivity index (χ1n) is 19.9. The molecule has 2 aromatic carbocycles. The summed E-state index contributed by atoms with van der Waals surface area (Å²) < 4.78 is 7.10. The van der Waals surface area contributed by atoms with Crippen molar-refractivity contribution >= 4 is 24.8 Å². The van der Waals surface area contributed by atoms with Gasteiger partial charge in [-0.25, -0.2) is 0 Å². The fourth-order valence-electron chi connectivity index (χ4n) is 9.50. The molecule has 0 saturated carbocycles. The Morgan fingerprint density at radius 3 is 1.96 bits per heavy atom. The minimum atomic E-state index is -2.00. The Morgan fingerprint density at radius 1 is 0.780 bits per heavy atom. The van der Waals surface area contributed by atoms with E-state index < -0.39 is 13.5 Å². The number of allylic oxidation sites excluding steroid dienone is 3. The molecule has 4 heteroatoms. The minimum Gasteiger partial charge on any atom is -0.487 e. The lowest BCUT2D eigenvalue weighted by atomic mass is 9.62. The van der Waals surface area contributed by atoms with Crippen LogP contribution in [-0.4, -0.2) is 25.2 Å². The van der Waals surface area contributed by atoms with Crippen molar-refractivity contribution in [3.05, 3.63) is 75.1 Å². The van der Waals surface area contributed by atoms with Gasteiger partial charge in [-0.3, -0.25) is 9.59 Å². The van der Waals surface area contributed by atoms with Crippen molar-refractivity contribution in [2.45, 2.75) is 164 Å². The van der Waals surface area contributed by atoms with Crippen LogP contribution in [0.2, 0.25) is 19.6 Å². The molecular weight excluding hydrogens is 629 g/mol. The summed E-state index contributed by atoms with van der Waals surface area (Å²) in [5, 5.41) is 1.20. The molecule has 0 spiro atoms. The molecule has 4 atom stereocenters. The molecule has 3 aliphatic rings. The van der Waals surface area contributed by atoms with Gasteiger partial charge in [-0.2, -0.15) is 0 Å². The number of rotatable bonds is 14. The molecule has 1 aliphatic heterocycles. The van der Waals surface area contributed by atoms with Crippen LogP contribution < -0.4 is 5.19 Å². The molecule has 0 amide bonds. The van der Waals surface area contributed by atoms with E-state index in [1.807, 2.05) is 25.1 Å². The third-order valence-corrected chi connectivity index (χ3v) is 14.8. The summed E-state index contributed by atoms with van der Waals surface area (Å²) in [4.78, 5) is 28.6. The molecule has 0 radical (unpaired) electrons. The summed E-state index contributed by atoms with van der Waals surface area (Å²) in [5.41, 5.74) is 7.66. The smallest absolute Gasteiger partial charge is 0.194 e. The van der Waals surface area contributed by atoms with Crippen molar-refractivity contribution in [2.24, 2.45) is 17.8 Å². The molecule has 0 unspecified atom stereocenters. The standard InChI is InChI=1S/C46H66O3Si/c1-29(2)18-15-19-30(3)20-16-21-31(4)22-17-26-45(8)27-25-38-42(49-45)32(5)33(6)44(48)46(38,9)39-28-37-35-23-13-14-24-36(35)41(47)40(37)43(34(39)7)50(10,11)12/h13-14,23-24,28-31H,15-22,25-27H2,1-12H3/t30-,31-,45-,46+/m1/s1. The lowest BCUT2D eigenvalue weighted by molar-refractivity contribution is -0.120. The fourth-order valence-corrected chi connectivity index (χ4v) is 11.8. The number of carbonyl (C=O) groups is 2. The summed E-state index contributed by atoms with van der Waals surface area (Å²) in [6, 6.07) is 10.2. The second-order valence-corrected chi connectivity index (χ2v) is 23.4. The zero-order chi connectivity index (χ0) is 36.8. The van der Waals surface area contributed by atoms with Gasteiger partial charge in [-0.1, -0.05) is 117 Å². The number of carbonyl (C=O) groups excluding carboxylic acids is 2. The van der Waals surface area contributed by atoms with Crippen LogP contribution in [-0.2, 0) is 14.9 Å². The highest BCUT2D eigenvalue weighted by molar-refractivity contribution is 6.90. The van der Waals surface area contributed by atoms with E-state index in [4.69, 9.17) is 4.74 Å². The number of fused-ring (bicyclic) bond motifs is 3. The zero-order valence-electron chi connectivity index (χ0n) is 33.6. The lowest BCUT2D eigenvalue weighted by Gasteiger charge is -2.46. The van der Waals surface area contributed by atoms with Crippen LogP contribution in [0.4, 0.5) is 0 Å². The number of benzene rings is 2. The normalized spacial score (nSPS) is 23.2. The Labute approximate surface area is 305 Å². The molecule has 0 fully saturated rings. The monoisotopic (exact) mass is 694 g/mol. The van der Waals surface area contributed by atoms with Gasteiger partial charge in [0.05, 0.1) is 13.5 Å². The molecule has 0 N–H and O–H groups in total. The molecule has 2 aromatic rings. The van der Waals surface area contributed by atoms with Gasteiger partial charge >= 0.3 is 0 Å². The second-order valence-electron chi connectivity index (χ2n) is 18.4. The third-order valence-electron chi connectivity index (χ3n) is 12.7. The van der Waals surface area contributed by atoms with Crippen LogP contribution in [0, 0.1) is 24.7 Å². The van der Waals surface area contributed by atoms with E-state index >= 15 is 0 Å². The predicted octanol–water partition coefficient (Wildman–Crippen LogP) is 12.2. The maximum absolute atomic E-state index is 14.6. The van der Waals surface area contributed by atoms with E-state index in [0.29, 0.717) is 0 Å². The second kappa shape index (κ2) is 14.7. The maximum atomic E-state index is 14.6. The van der Waals surface area contributed by atoms with Gasteiger partial charge in [0.1, 0.15) is 11.4 Å². The quantitative estimate of drug-likeness (QED) is 0.158. The molecule has 0 aromatic heterocycles. The summed E-state index contributed by atoms with van der Waals surface area (Å²) in [6.07, 6.45) is 13.3. The van der Waals surface area contributed by atoms with Crippen molar-refractivity contribution < 1.29 is 14.3 Å². The highest BCUT2D eigenvalue weighted by atomic mass is 28.3. The number of hydrogen-bond donors (Lipinski definition) is 0. The Bertz CT molecular complexity index is 1700. The van der Waals surface area contributed by atoms with Crippen molar-refractivity contribution in [1.82, 2.24) is 0 Å². The first-order valence-corrected chi connectivity index (χ1v) is 23.4. The highest BCUT2D eigenvalue weighted by Gasteiger charge is 2.51. The molecule has 0 saturated heterocycles. The third kappa shape index (κ3) is 7.30. The number of Topliss-reactive ketones (excluding diaryl/α,β-unsaturated/α-hetero) is 1. The van der Waals surface area contributed by atoms with Crippen LogP contribution in [0.3, 0.4) is 0 Å². The Morgan fingerprint density at radius 2 is 1.36 bits per heavy atom. The summed E-state index contributed by atoms with van der Waals surface area (Å²) in [5.74, 6) is 3.64. The summed E-state index contributed by atoms with van der Waals surface area (Å²) in [6.45, 7) is 27.2. The zero-order valence-corrected chi connectivity index (χ0v) is 34.6. The van der Waals surface area contributed by atoms with Gasteiger partial charge in [-0.05, 0) is 128 Å². The van der Waals surface area contributed by atoms with Gasteiger partial charge in [-0.15, -0.1) is 0 Å². The highest BCUT2D eigenvalue weighted by Crippen LogP contribution is 2.52. The van der Waals surface area contributed by atoms with Crippen molar-refractivity contribution in [3.8, 4) is 11.1 Å². The summed E-state index contributed by atoms with van der Waals surface area (Å²) >= 11 is 0. The molecule has 1 heterocycles. The minimum absolute atomic E-state index is 0.132. The molecule has 272 valence electrons. The average Bonchev–Trinajstić information content (AvgIpc) is 3.32. The lowest BCUT2D eigenvalue weighted by Crippen LogP contribution is -2.48. The molecule has 3 nitrogen and oxygen atoms in total. The Kier molecular flexibility index (Phi) is 11.3. The van der Waals surface area contributed by atoms with Gasteiger partial charge in [0.25, 0.3) is 0 Å². The van der Waals surface area contributed by atoms with Crippen molar-refractivity contribution in [1.29, 1.82) is 0 Å². The van der Waals surface area contributed by atoms with Gasteiger partial charge < -0.3 is 4.74 Å². The van der Waals surface area contributed by atoms with E-state index in [2.05, 4.69) is 87.2 Å². The van der Waals surface area contributed by atoms with Crippen molar-refractivity contribution in [2.75, 3.05) is 0 Å². The van der Waals surface area contributed by atoms with Crippen LogP contribution >= 0.6 is 0 Å². The first-order chi connectivity index (χ1) is 23.4. The van der Waals surface area contributed by atoms with E-state index in [9.17, 15) is 9.59 Å². The maximum Gasteiger partial charge on any atom is 0.194 e. The molecular formula is C46H66O3Si. The molecule has 50 heavy (non-hydrogen) atoms. The number of hydrogen-bond acceptors (Lipinski definition) is 3. The molecule has 5 rings (SSSR count). The largest absolute Gasteiger partial charge is 0.487 e. The van der Waals surface area contributed by atoms with Gasteiger partial charge in [0.15, 0.2) is 11.6 Å². The van der Waals surface area contributed by atoms with E-state index in [0.717, 1.165) is 92.9 Å². The summed E-state index contributed by atoms with van der Waals surface area (Å²) in [7, 11) is -2.00. The molecule has 2 aliphatic carbocycles. The Hall–Kier alpha value is -2.72. The first kappa shape index (κ1) is 38.5. The van der Waals surface area contributed by atoms with E-state index in [1.165, 1.54) is 56.6 Å². The van der Waals surface area contributed by atoms with Crippen LogP contribution in [0.15, 0.2) is 52.8 Å². The van der Waals surface area contributed by atoms with Crippen LogP contribution in [0.1, 0.15) is 153 Å². The van der Waals surface area contributed by atoms with Gasteiger partial charge in [0.2, 0.25) is 0 Å². The van der Waals surface area contributed by atoms with Crippen LogP contribution in [0.5, 0.6) is 0 Å². The topological polar surface area (TPSA) is 43.4 Å². The van der Waals surface area contributed by atoms with E-state index in [1.54, 1.807) is 0 Å².